The molecular weight excluding hydrogens is 326 g/mol. The Morgan fingerprint density at radius 2 is 1.73 bits per heavy atom. The zero-order valence-electron chi connectivity index (χ0n) is 15.2. The minimum absolute atomic E-state index is 0.00820. The van der Waals surface area contributed by atoms with Crippen LogP contribution in [0.5, 0.6) is 0 Å². The quantitative estimate of drug-likeness (QED) is 0.745. The van der Waals surface area contributed by atoms with E-state index in [0.717, 1.165) is 19.3 Å². The number of ether oxygens (including phenoxy) is 1. The third-order valence-corrected chi connectivity index (χ3v) is 4.80. The number of rotatable bonds is 6. The number of Topliss-reactive ketones (excluding diaryl/α,β-unsaturated/α-hetero) is 1. The summed E-state index contributed by atoms with van der Waals surface area (Å²) in [5, 5.41) is 0. The molecule has 4 nitrogen and oxygen atoms in total. The van der Waals surface area contributed by atoms with E-state index in [0.29, 0.717) is 30.8 Å². The molecular formula is C22H25NO3. The molecule has 3 rings (SSSR count). The summed E-state index contributed by atoms with van der Waals surface area (Å²) in [5.41, 5.74) is 2.59. The molecule has 136 valence electrons. The van der Waals surface area contributed by atoms with Crippen LogP contribution in [-0.2, 0) is 11.2 Å². The van der Waals surface area contributed by atoms with Gasteiger partial charge in [-0.2, -0.15) is 0 Å². The molecule has 0 unspecified atom stereocenters. The van der Waals surface area contributed by atoms with Gasteiger partial charge < -0.3 is 9.64 Å². The zero-order chi connectivity index (χ0) is 18.4. The van der Waals surface area contributed by atoms with E-state index in [1.807, 2.05) is 11.0 Å². The Morgan fingerprint density at radius 3 is 2.42 bits per heavy atom. The Morgan fingerprint density at radius 1 is 1.04 bits per heavy atom. The Labute approximate surface area is 154 Å². The molecule has 1 atom stereocenters. The molecule has 1 aliphatic rings. The van der Waals surface area contributed by atoms with Gasteiger partial charge in [0.15, 0.2) is 5.78 Å². The number of carbonyl (C=O) groups excluding carboxylic acids is 2. The molecule has 4 heteroatoms. The lowest BCUT2D eigenvalue weighted by Gasteiger charge is -2.33. The van der Waals surface area contributed by atoms with Crippen LogP contribution in [-0.4, -0.2) is 42.4 Å². The topological polar surface area (TPSA) is 46.6 Å². The molecule has 1 amide bonds. The predicted molar refractivity (Wildman–Crippen MR) is 101 cm³/mol. The van der Waals surface area contributed by atoms with E-state index in [1.165, 1.54) is 12.5 Å². The normalized spacial score (nSPS) is 17.1. The number of amides is 1. The molecule has 0 N–H and O–H groups in total. The summed E-state index contributed by atoms with van der Waals surface area (Å²) in [6.07, 6.45) is 3.11. The van der Waals surface area contributed by atoms with E-state index >= 15 is 0 Å². The second-order valence-corrected chi connectivity index (χ2v) is 6.76. The Balaban J connectivity index is 1.52. The number of carbonyl (C=O) groups is 2. The van der Waals surface area contributed by atoms with Gasteiger partial charge >= 0.3 is 0 Å². The number of ketones is 1. The molecule has 0 aliphatic carbocycles. The van der Waals surface area contributed by atoms with Crippen LogP contribution in [0, 0.1) is 0 Å². The van der Waals surface area contributed by atoms with Crippen LogP contribution in [0.4, 0.5) is 0 Å². The Kier molecular flexibility index (Phi) is 6.18. The van der Waals surface area contributed by atoms with Crippen molar-refractivity contribution in [3.8, 4) is 0 Å². The predicted octanol–water partition coefficient (Wildman–Crippen LogP) is 3.75. The zero-order valence-corrected chi connectivity index (χ0v) is 15.2. The highest BCUT2D eigenvalue weighted by atomic mass is 16.5. The van der Waals surface area contributed by atoms with Crippen LogP contribution in [0.2, 0.25) is 0 Å². The Hall–Kier alpha value is -2.46. The lowest BCUT2D eigenvalue weighted by atomic mass is 10.0. The number of aryl methyl sites for hydroxylation is 1. The van der Waals surface area contributed by atoms with Gasteiger partial charge in [0.25, 0.3) is 5.91 Å². The van der Waals surface area contributed by atoms with E-state index in [4.69, 9.17) is 4.74 Å². The lowest BCUT2D eigenvalue weighted by molar-refractivity contribution is -0.0255. The van der Waals surface area contributed by atoms with Crippen molar-refractivity contribution in [1.82, 2.24) is 4.90 Å². The third kappa shape index (κ3) is 4.79. The summed E-state index contributed by atoms with van der Waals surface area (Å²) in [6.45, 7) is 3.34. The molecule has 1 heterocycles. The van der Waals surface area contributed by atoms with Gasteiger partial charge in [-0.3, -0.25) is 9.59 Å². The molecule has 26 heavy (non-hydrogen) atoms. The molecule has 0 saturated carbocycles. The summed E-state index contributed by atoms with van der Waals surface area (Å²) in [6, 6.07) is 17.3. The standard InChI is InChI=1S/C22H25NO3/c1-17(24)19-10-12-20(13-11-19)22(25)23-14-15-26-21(16-23)9-5-8-18-6-3-2-4-7-18/h2-4,6-7,10-13,21H,5,8-9,14-16H2,1H3/t21-/m1/s1. The number of morpholine rings is 1. The first-order chi connectivity index (χ1) is 12.6. The van der Waals surface area contributed by atoms with E-state index < -0.39 is 0 Å². The van der Waals surface area contributed by atoms with Crippen molar-refractivity contribution in [1.29, 1.82) is 0 Å². The molecule has 0 bridgehead atoms. The van der Waals surface area contributed by atoms with E-state index in [1.54, 1.807) is 24.3 Å². The van der Waals surface area contributed by atoms with Crippen molar-refractivity contribution < 1.29 is 14.3 Å². The molecule has 0 spiro atoms. The second-order valence-electron chi connectivity index (χ2n) is 6.76. The summed E-state index contributed by atoms with van der Waals surface area (Å²) in [5.74, 6) is 0.0188. The van der Waals surface area contributed by atoms with Gasteiger partial charge in [0.2, 0.25) is 0 Å². The first-order valence-electron chi connectivity index (χ1n) is 9.19. The first kappa shape index (κ1) is 18.3. The fraction of sp³-hybridized carbons (Fsp3) is 0.364. The average molecular weight is 351 g/mol. The summed E-state index contributed by atoms with van der Waals surface area (Å²) < 4.78 is 5.84. The van der Waals surface area contributed by atoms with Gasteiger partial charge in [-0.05, 0) is 43.9 Å². The monoisotopic (exact) mass is 351 g/mol. The van der Waals surface area contributed by atoms with E-state index in [9.17, 15) is 9.59 Å². The molecule has 0 radical (unpaired) electrons. The summed E-state index contributed by atoms with van der Waals surface area (Å²) in [7, 11) is 0. The highest BCUT2D eigenvalue weighted by molar-refractivity contribution is 5.97. The van der Waals surface area contributed by atoms with Gasteiger partial charge in [0, 0.05) is 24.2 Å². The van der Waals surface area contributed by atoms with Crippen molar-refractivity contribution in [2.24, 2.45) is 0 Å². The van der Waals surface area contributed by atoms with Crippen LogP contribution in [0.25, 0.3) is 0 Å². The maximum Gasteiger partial charge on any atom is 0.254 e. The van der Waals surface area contributed by atoms with Crippen molar-refractivity contribution in [2.75, 3.05) is 19.7 Å². The second kappa shape index (κ2) is 8.77. The van der Waals surface area contributed by atoms with Crippen LogP contribution >= 0.6 is 0 Å². The average Bonchev–Trinajstić information content (AvgIpc) is 2.68. The molecule has 1 aliphatic heterocycles. The fourth-order valence-corrected chi connectivity index (χ4v) is 3.29. The summed E-state index contributed by atoms with van der Waals surface area (Å²) in [4.78, 5) is 25.9. The highest BCUT2D eigenvalue weighted by Gasteiger charge is 2.24. The minimum atomic E-state index is 0.00820. The minimum Gasteiger partial charge on any atom is -0.375 e. The maximum atomic E-state index is 12.7. The van der Waals surface area contributed by atoms with Gasteiger partial charge in [0.1, 0.15) is 0 Å². The number of hydrogen-bond donors (Lipinski definition) is 0. The molecule has 2 aromatic rings. The van der Waals surface area contributed by atoms with Crippen LogP contribution in [0.15, 0.2) is 54.6 Å². The van der Waals surface area contributed by atoms with Crippen molar-refractivity contribution >= 4 is 11.7 Å². The first-order valence-corrected chi connectivity index (χ1v) is 9.19. The van der Waals surface area contributed by atoms with Crippen LogP contribution in [0.3, 0.4) is 0 Å². The highest BCUT2D eigenvalue weighted by Crippen LogP contribution is 2.16. The van der Waals surface area contributed by atoms with Gasteiger partial charge in [-0.15, -0.1) is 0 Å². The van der Waals surface area contributed by atoms with Gasteiger partial charge in [-0.1, -0.05) is 42.5 Å². The van der Waals surface area contributed by atoms with Crippen LogP contribution < -0.4 is 0 Å². The summed E-state index contributed by atoms with van der Waals surface area (Å²) >= 11 is 0. The number of benzene rings is 2. The van der Waals surface area contributed by atoms with Crippen LogP contribution in [0.1, 0.15) is 46.0 Å². The van der Waals surface area contributed by atoms with Gasteiger partial charge in [-0.25, -0.2) is 0 Å². The van der Waals surface area contributed by atoms with Crippen molar-refractivity contribution in [2.45, 2.75) is 32.3 Å². The van der Waals surface area contributed by atoms with Crippen molar-refractivity contribution in [3.63, 3.8) is 0 Å². The largest absolute Gasteiger partial charge is 0.375 e. The maximum absolute atomic E-state index is 12.7. The SMILES string of the molecule is CC(=O)c1ccc(C(=O)N2CCO[C@H](CCCc3ccccc3)C2)cc1. The molecule has 1 saturated heterocycles. The van der Waals surface area contributed by atoms with E-state index in [-0.39, 0.29) is 17.8 Å². The lowest BCUT2D eigenvalue weighted by Crippen LogP contribution is -2.45. The molecule has 1 fully saturated rings. The molecule has 2 aromatic carbocycles. The van der Waals surface area contributed by atoms with Crippen molar-refractivity contribution in [3.05, 3.63) is 71.3 Å². The number of hydrogen-bond acceptors (Lipinski definition) is 3. The number of nitrogens with zero attached hydrogens (tertiary/aromatic N) is 1. The molecule has 0 aromatic heterocycles. The van der Waals surface area contributed by atoms with E-state index in [2.05, 4.69) is 24.3 Å². The van der Waals surface area contributed by atoms with Gasteiger partial charge in [0.05, 0.1) is 12.7 Å². The Bertz CT molecular complexity index is 740. The third-order valence-electron chi connectivity index (χ3n) is 4.80. The smallest absolute Gasteiger partial charge is 0.254 e. The fourth-order valence-electron chi connectivity index (χ4n) is 3.29.